The molecule has 9 heteroatoms. The molecule has 0 aliphatic carbocycles. The summed E-state index contributed by atoms with van der Waals surface area (Å²) in [5.74, 6) is -0.600. The number of rotatable bonds is 5. The molecule has 0 saturated heterocycles. The van der Waals surface area contributed by atoms with Crippen LogP contribution < -0.4 is 4.72 Å². The molecule has 0 spiro atoms. The number of halogens is 2. The zero-order chi connectivity index (χ0) is 21.4. The molecule has 0 bridgehead atoms. The van der Waals surface area contributed by atoms with Gasteiger partial charge in [0.15, 0.2) is 0 Å². The first kappa shape index (κ1) is 21.3. The number of sulfonamides is 1. The molecule has 3 aromatic carbocycles. The van der Waals surface area contributed by atoms with Crippen molar-refractivity contribution < 1.29 is 21.2 Å². The Kier molecular flexibility index (Phi) is 5.71. The third-order valence-corrected chi connectivity index (χ3v) is 7.89. The average molecular weight is 454 g/mol. The van der Waals surface area contributed by atoms with Crippen molar-refractivity contribution in [3.05, 3.63) is 82.6 Å². The minimum absolute atomic E-state index is 0.00274. The number of benzene rings is 3. The number of nitrogens with one attached hydrogen (secondary N) is 1. The molecule has 0 unspecified atom stereocenters. The van der Waals surface area contributed by atoms with Crippen LogP contribution in [-0.4, -0.2) is 16.8 Å². The molecule has 0 aromatic heterocycles. The standard InChI is InChI=1S/C20H17ClFNO4S2/c1-13-10-19(28(24,25)18-8-6-15(21)7-9-18)14(2)20(11-13)29(26,27)23-17-5-3-4-16(22)12-17/h3-12,23H,1-2H3. The lowest BCUT2D eigenvalue weighted by Crippen LogP contribution is -2.16. The summed E-state index contributed by atoms with van der Waals surface area (Å²) in [6.45, 7) is 3.02. The van der Waals surface area contributed by atoms with Crippen molar-refractivity contribution in [3.63, 3.8) is 0 Å². The first-order valence-electron chi connectivity index (χ1n) is 8.41. The molecule has 0 aliphatic heterocycles. The van der Waals surface area contributed by atoms with Gasteiger partial charge in [0.1, 0.15) is 5.82 Å². The van der Waals surface area contributed by atoms with E-state index >= 15 is 0 Å². The molecule has 152 valence electrons. The van der Waals surface area contributed by atoms with Crippen molar-refractivity contribution in [1.82, 2.24) is 0 Å². The highest BCUT2D eigenvalue weighted by Gasteiger charge is 2.26. The van der Waals surface area contributed by atoms with Crippen LogP contribution in [0.25, 0.3) is 0 Å². The third kappa shape index (κ3) is 4.44. The normalized spacial score (nSPS) is 12.0. The van der Waals surface area contributed by atoms with Crippen LogP contribution in [0, 0.1) is 19.7 Å². The highest BCUT2D eigenvalue weighted by molar-refractivity contribution is 7.93. The molecule has 0 atom stereocenters. The Hall–Kier alpha value is -2.42. The zero-order valence-corrected chi connectivity index (χ0v) is 17.9. The molecule has 3 rings (SSSR count). The zero-order valence-electron chi connectivity index (χ0n) is 15.5. The molecule has 0 amide bonds. The second-order valence-corrected chi connectivity index (χ2v) is 10.5. The maximum absolute atomic E-state index is 13.4. The number of sulfone groups is 1. The summed E-state index contributed by atoms with van der Waals surface area (Å²) in [6.07, 6.45) is 0. The van der Waals surface area contributed by atoms with Gasteiger partial charge in [0.25, 0.3) is 10.0 Å². The van der Waals surface area contributed by atoms with Gasteiger partial charge in [-0.25, -0.2) is 21.2 Å². The van der Waals surface area contributed by atoms with E-state index in [9.17, 15) is 21.2 Å². The van der Waals surface area contributed by atoms with E-state index in [1.54, 1.807) is 6.92 Å². The lowest BCUT2D eigenvalue weighted by Gasteiger charge is -2.15. The van der Waals surface area contributed by atoms with E-state index < -0.39 is 25.7 Å². The van der Waals surface area contributed by atoms with E-state index in [-0.39, 0.29) is 25.9 Å². The number of hydrogen-bond acceptors (Lipinski definition) is 4. The fourth-order valence-electron chi connectivity index (χ4n) is 2.85. The van der Waals surface area contributed by atoms with Crippen molar-refractivity contribution in [2.45, 2.75) is 28.5 Å². The van der Waals surface area contributed by atoms with Gasteiger partial charge in [-0.3, -0.25) is 4.72 Å². The second-order valence-electron chi connectivity index (χ2n) is 6.46. The summed E-state index contributed by atoms with van der Waals surface area (Å²) in [6, 6.07) is 13.4. The van der Waals surface area contributed by atoms with E-state index in [1.165, 1.54) is 61.5 Å². The highest BCUT2D eigenvalue weighted by Crippen LogP contribution is 2.31. The Morgan fingerprint density at radius 1 is 0.862 bits per heavy atom. The van der Waals surface area contributed by atoms with Crippen LogP contribution in [0.5, 0.6) is 0 Å². The maximum Gasteiger partial charge on any atom is 0.262 e. The fraction of sp³-hybridized carbons (Fsp3) is 0.100. The molecule has 0 fully saturated rings. The van der Waals surface area contributed by atoms with Crippen LogP contribution in [0.2, 0.25) is 5.02 Å². The summed E-state index contributed by atoms with van der Waals surface area (Å²) in [5.41, 5.74) is 0.547. The van der Waals surface area contributed by atoms with Gasteiger partial charge in [-0.1, -0.05) is 17.7 Å². The van der Waals surface area contributed by atoms with Crippen LogP contribution in [0.3, 0.4) is 0 Å². The van der Waals surface area contributed by atoms with Gasteiger partial charge in [0.2, 0.25) is 9.84 Å². The van der Waals surface area contributed by atoms with E-state index in [2.05, 4.69) is 4.72 Å². The molecule has 3 aromatic rings. The van der Waals surface area contributed by atoms with Crippen molar-refractivity contribution in [2.75, 3.05) is 4.72 Å². The molecule has 0 heterocycles. The average Bonchev–Trinajstić information content (AvgIpc) is 2.63. The summed E-state index contributed by atoms with van der Waals surface area (Å²) in [4.78, 5) is -0.328. The summed E-state index contributed by atoms with van der Waals surface area (Å²) in [7, 11) is -8.14. The van der Waals surface area contributed by atoms with Crippen LogP contribution in [-0.2, 0) is 19.9 Å². The van der Waals surface area contributed by atoms with Gasteiger partial charge in [0.05, 0.1) is 20.4 Å². The lowest BCUT2D eigenvalue weighted by molar-refractivity contribution is 0.594. The van der Waals surface area contributed by atoms with E-state index in [0.717, 1.165) is 6.07 Å². The van der Waals surface area contributed by atoms with Crippen molar-refractivity contribution in [2.24, 2.45) is 0 Å². The van der Waals surface area contributed by atoms with Crippen LogP contribution in [0.4, 0.5) is 10.1 Å². The number of aryl methyl sites for hydroxylation is 1. The molecule has 5 nitrogen and oxygen atoms in total. The largest absolute Gasteiger partial charge is 0.280 e. The van der Waals surface area contributed by atoms with Crippen molar-refractivity contribution in [3.8, 4) is 0 Å². The van der Waals surface area contributed by atoms with Crippen LogP contribution in [0.1, 0.15) is 11.1 Å². The van der Waals surface area contributed by atoms with E-state index in [0.29, 0.717) is 10.6 Å². The van der Waals surface area contributed by atoms with Gasteiger partial charge >= 0.3 is 0 Å². The van der Waals surface area contributed by atoms with Crippen LogP contribution in [0.15, 0.2) is 75.4 Å². The Balaban J connectivity index is 2.13. The third-order valence-electron chi connectivity index (χ3n) is 4.24. The minimum Gasteiger partial charge on any atom is -0.280 e. The van der Waals surface area contributed by atoms with E-state index in [4.69, 9.17) is 11.6 Å². The Labute approximate surface area is 174 Å². The van der Waals surface area contributed by atoms with Gasteiger partial charge in [-0.2, -0.15) is 0 Å². The Morgan fingerprint density at radius 2 is 1.48 bits per heavy atom. The van der Waals surface area contributed by atoms with Crippen LogP contribution >= 0.6 is 11.6 Å². The first-order chi connectivity index (χ1) is 13.5. The smallest absolute Gasteiger partial charge is 0.262 e. The highest BCUT2D eigenvalue weighted by atomic mass is 35.5. The molecule has 1 N–H and O–H groups in total. The predicted molar refractivity (Wildman–Crippen MR) is 110 cm³/mol. The summed E-state index contributed by atoms with van der Waals surface area (Å²) >= 11 is 5.83. The number of hydrogen-bond donors (Lipinski definition) is 1. The van der Waals surface area contributed by atoms with Crippen molar-refractivity contribution in [1.29, 1.82) is 0 Å². The van der Waals surface area contributed by atoms with Crippen molar-refractivity contribution >= 4 is 37.1 Å². The Bertz CT molecular complexity index is 1290. The minimum atomic E-state index is -4.16. The lowest BCUT2D eigenvalue weighted by atomic mass is 10.2. The topological polar surface area (TPSA) is 80.3 Å². The molecular weight excluding hydrogens is 437 g/mol. The Morgan fingerprint density at radius 3 is 2.10 bits per heavy atom. The SMILES string of the molecule is Cc1cc(S(=O)(=O)Nc2cccc(F)c2)c(C)c(S(=O)(=O)c2ccc(Cl)cc2)c1. The molecule has 0 saturated carbocycles. The number of anilines is 1. The van der Waals surface area contributed by atoms with Gasteiger partial charge < -0.3 is 0 Å². The molecular formula is C20H17ClFNO4S2. The molecule has 0 radical (unpaired) electrons. The monoisotopic (exact) mass is 453 g/mol. The van der Waals surface area contributed by atoms with Gasteiger partial charge in [0, 0.05) is 5.02 Å². The van der Waals surface area contributed by atoms with Gasteiger partial charge in [-0.05, 0) is 79.6 Å². The second kappa shape index (κ2) is 7.78. The maximum atomic E-state index is 13.4. The quantitative estimate of drug-likeness (QED) is 0.605. The summed E-state index contributed by atoms with van der Waals surface area (Å²) in [5, 5.41) is 0.382. The molecule has 29 heavy (non-hydrogen) atoms. The predicted octanol–water partition coefficient (Wildman–Crippen LogP) is 4.73. The first-order valence-corrected chi connectivity index (χ1v) is 11.8. The summed E-state index contributed by atoms with van der Waals surface area (Å²) < 4.78 is 67.7. The van der Waals surface area contributed by atoms with Gasteiger partial charge in [-0.15, -0.1) is 0 Å². The molecule has 0 aliphatic rings. The fourth-order valence-corrected chi connectivity index (χ4v) is 6.05. The van der Waals surface area contributed by atoms with E-state index in [1.807, 2.05) is 0 Å².